The van der Waals surface area contributed by atoms with E-state index in [9.17, 15) is 8.78 Å². The molecule has 114 valence electrons. The summed E-state index contributed by atoms with van der Waals surface area (Å²) in [5.41, 5.74) is 8.14. The number of rotatable bonds is 2. The Balaban J connectivity index is 0.000000774. The molecule has 3 rings (SSSR count). The number of nitrogen functional groups attached to an aromatic ring is 1. The minimum Gasteiger partial charge on any atom is -0.398 e. The van der Waals surface area contributed by atoms with E-state index in [-0.39, 0.29) is 24.7 Å². The van der Waals surface area contributed by atoms with E-state index in [2.05, 4.69) is 10.1 Å². The first-order valence-electron chi connectivity index (χ1n) is 7.02. The maximum Gasteiger partial charge on any atom is 0.249 e. The lowest BCUT2D eigenvalue weighted by molar-refractivity contribution is -0.0925. The maximum atomic E-state index is 12.8. The first-order chi connectivity index (χ1) is 9.94. The number of aromatic nitrogens is 2. The summed E-state index contributed by atoms with van der Waals surface area (Å²) >= 11 is 0. The number of benzene rings is 1. The third-order valence-corrected chi connectivity index (χ3v) is 3.42. The van der Waals surface area contributed by atoms with E-state index in [0.717, 1.165) is 11.1 Å². The Morgan fingerprint density at radius 1 is 1.29 bits per heavy atom. The van der Waals surface area contributed by atoms with Crippen molar-refractivity contribution in [3.63, 3.8) is 0 Å². The Morgan fingerprint density at radius 2 is 1.95 bits per heavy atom. The quantitative estimate of drug-likeness (QED) is 0.845. The van der Waals surface area contributed by atoms with Gasteiger partial charge in [0.25, 0.3) is 0 Å². The molecule has 1 heterocycles. The maximum absolute atomic E-state index is 12.8. The molecular formula is C15H19F2N3O. The van der Waals surface area contributed by atoms with Crippen molar-refractivity contribution < 1.29 is 13.3 Å². The van der Waals surface area contributed by atoms with E-state index in [0.29, 0.717) is 11.5 Å². The molecule has 1 aromatic heterocycles. The van der Waals surface area contributed by atoms with Crippen LogP contribution in [0.4, 0.5) is 14.5 Å². The largest absolute Gasteiger partial charge is 0.398 e. The van der Waals surface area contributed by atoms with Crippen LogP contribution in [0.2, 0.25) is 0 Å². The minimum absolute atomic E-state index is 0.218. The average molecular weight is 295 g/mol. The van der Waals surface area contributed by atoms with Crippen molar-refractivity contribution in [3.05, 3.63) is 29.7 Å². The number of anilines is 1. The average Bonchev–Trinajstić information content (AvgIpc) is 2.91. The third kappa shape index (κ3) is 3.20. The summed E-state index contributed by atoms with van der Waals surface area (Å²) < 4.78 is 30.6. The molecule has 4 nitrogen and oxygen atoms in total. The number of nitrogens with zero attached hydrogens (tertiary/aromatic N) is 2. The van der Waals surface area contributed by atoms with E-state index in [4.69, 9.17) is 10.3 Å². The minimum atomic E-state index is -2.59. The molecule has 1 aliphatic rings. The molecule has 0 unspecified atom stereocenters. The number of alkyl halides is 2. The van der Waals surface area contributed by atoms with Gasteiger partial charge in [-0.25, -0.2) is 8.78 Å². The van der Waals surface area contributed by atoms with E-state index in [1.165, 1.54) is 0 Å². The van der Waals surface area contributed by atoms with Crippen molar-refractivity contribution in [2.45, 2.75) is 45.5 Å². The molecule has 0 radical (unpaired) electrons. The van der Waals surface area contributed by atoms with E-state index >= 15 is 0 Å². The van der Waals surface area contributed by atoms with Gasteiger partial charge < -0.3 is 10.3 Å². The topological polar surface area (TPSA) is 64.9 Å². The molecule has 2 N–H and O–H groups in total. The van der Waals surface area contributed by atoms with Crippen LogP contribution in [0.25, 0.3) is 11.4 Å². The molecule has 6 heteroatoms. The lowest BCUT2D eigenvalue weighted by Crippen LogP contribution is -2.33. The second kappa shape index (κ2) is 5.79. The normalized spacial score (nSPS) is 16.8. The second-order valence-corrected chi connectivity index (χ2v) is 4.99. The van der Waals surface area contributed by atoms with Gasteiger partial charge in [-0.2, -0.15) is 4.98 Å². The van der Waals surface area contributed by atoms with Crippen LogP contribution in [0.3, 0.4) is 0 Å². The van der Waals surface area contributed by atoms with E-state index < -0.39 is 5.92 Å². The molecule has 0 spiro atoms. The summed E-state index contributed by atoms with van der Waals surface area (Å²) in [6.45, 7) is 5.90. The summed E-state index contributed by atoms with van der Waals surface area (Å²) in [4.78, 5) is 4.17. The molecule has 0 saturated heterocycles. The summed E-state index contributed by atoms with van der Waals surface area (Å²) in [5, 5.41) is 3.82. The molecule has 1 aliphatic carbocycles. The lowest BCUT2D eigenvalue weighted by atomic mass is 9.81. The second-order valence-electron chi connectivity index (χ2n) is 4.99. The zero-order valence-electron chi connectivity index (χ0n) is 12.4. The van der Waals surface area contributed by atoms with Crippen LogP contribution in [0.5, 0.6) is 0 Å². The Bertz CT molecular complexity index is 617. The number of hydrogen-bond donors (Lipinski definition) is 1. The summed E-state index contributed by atoms with van der Waals surface area (Å²) in [6, 6.07) is 5.44. The van der Waals surface area contributed by atoms with Crippen LogP contribution < -0.4 is 5.73 Å². The van der Waals surface area contributed by atoms with Crippen LogP contribution in [-0.2, 0) is 0 Å². The van der Waals surface area contributed by atoms with Gasteiger partial charge >= 0.3 is 0 Å². The molecule has 2 aromatic rings. The summed E-state index contributed by atoms with van der Waals surface area (Å²) in [7, 11) is 0. The van der Waals surface area contributed by atoms with Gasteiger partial charge in [-0.05, 0) is 18.6 Å². The Morgan fingerprint density at radius 3 is 2.52 bits per heavy atom. The zero-order chi connectivity index (χ0) is 15.6. The van der Waals surface area contributed by atoms with Crippen molar-refractivity contribution in [3.8, 4) is 11.4 Å². The molecule has 0 atom stereocenters. The predicted molar refractivity (Wildman–Crippen MR) is 77.2 cm³/mol. The van der Waals surface area contributed by atoms with Gasteiger partial charge in [0.2, 0.25) is 17.6 Å². The SMILES string of the molecule is CC.Cc1ccc(-c2noc(C3CC(F)(F)C3)n2)cc1N. The standard InChI is InChI=1S/C13H13F2N3O.C2H6/c1-7-2-3-8(4-10(7)16)11-17-12(19-18-11)9-5-13(14,15)6-9;1-2/h2-4,9H,5-6,16H2,1H3;1-2H3. The van der Waals surface area contributed by atoms with Gasteiger partial charge in [0.05, 0.1) is 0 Å². The highest BCUT2D eigenvalue weighted by atomic mass is 19.3. The molecular weight excluding hydrogens is 276 g/mol. The Kier molecular flexibility index (Phi) is 4.25. The smallest absolute Gasteiger partial charge is 0.249 e. The van der Waals surface area contributed by atoms with Crippen LogP contribution >= 0.6 is 0 Å². The van der Waals surface area contributed by atoms with Crippen LogP contribution in [0, 0.1) is 6.92 Å². The predicted octanol–water partition coefficient (Wildman–Crippen LogP) is 4.17. The Labute approximate surface area is 122 Å². The van der Waals surface area contributed by atoms with Crippen molar-refractivity contribution in [2.75, 3.05) is 5.73 Å². The third-order valence-electron chi connectivity index (χ3n) is 3.42. The molecule has 0 aliphatic heterocycles. The molecule has 1 saturated carbocycles. The number of halogens is 2. The van der Waals surface area contributed by atoms with Gasteiger partial charge in [-0.3, -0.25) is 0 Å². The highest BCUT2D eigenvalue weighted by Crippen LogP contribution is 2.47. The van der Waals surface area contributed by atoms with Crippen molar-refractivity contribution in [2.24, 2.45) is 0 Å². The van der Waals surface area contributed by atoms with Crippen molar-refractivity contribution >= 4 is 5.69 Å². The van der Waals surface area contributed by atoms with Gasteiger partial charge in [0.1, 0.15) is 0 Å². The van der Waals surface area contributed by atoms with Gasteiger partial charge in [-0.1, -0.05) is 31.1 Å². The van der Waals surface area contributed by atoms with Crippen molar-refractivity contribution in [1.82, 2.24) is 10.1 Å². The molecule has 0 amide bonds. The van der Waals surface area contributed by atoms with Crippen molar-refractivity contribution in [1.29, 1.82) is 0 Å². The molecule has 1 aromatic carbocycles. The number of nitrogens with two attached hydrogens (primary N) is 1. The highest BCUT2D eigenvalue weighted by Gasteiger charge is 2.48. The number of hydrogen-bond acceptors (Lipinski definition) is 4. The fraction of sp³-hybridized carbons (Fsp3) is 0.467. The monoisotopic (exact) mass is 295 g/mol. The molecule has 1 fully saturated rings. The van der Waals surface area contributed by atoms with Gasteiger partial charge in [-0.15, -0.1) is 0 Å². The van der Waals surface area contributed by atoms with Gasteiger partial charge in [0.15, 0.2) is 0 Å². The van der Waals surface area contributed by atoms with E-state index in [1.54, 1.807) is 6.07 Å². The fourth-order valence-corrected chi connectivity index (χ4v) is 2.13. The summed E-state index contributed by atoms with van der Waals surface area (Å²) in [5.74, 6) is -2.26. The van der Waals surface area contributed by atoms with Gasteiger partial charge in [0, 0.05) is 30.0 Å². The van der Waals surface area contributed by atoms with Crippen LogP contribution in [0.15, 0.2) is 22.7 Å². The lowest BCUT2D eigenvalue weighted by Gasteiger charge is -2.31. The number of aryl methyl sites for hydroxylation is 1. The molecule has 0 bridgehead atoms. The molecule has 21 heavy (non-hydrogen) atoms. The first-order valence-corrected chi connectivity index (χ1v) is 7.02. The Hall–Kier alpha value is -1.98. The first kappa shape index (κ1) is 15.4. The highest BCUT2D eigenvalue weighted by molar-refractivity contribution is 5.63. The van der Waals surface area contributed by atoms with Crippen LogP contribution in [-0.4, -0.2) is 16.1 Å². The summed E-state index contributed by atoms with van der Waals surface area (Å²) in [6.07, 6.45) is -0.435. The van der Waals surface area contributed by atoms with Crippen LogP contribution in [0.1, 0.15) is 44.1 Å². The zero-order valence-corrected chi connectivity index (χ0v) is 12.4. The van der Waals surface area contributed by atoms with E-state index in [1.807, 2.05) is 32.9 Å². The fourth-order valence-electron chi connectivity index (χ4n) is 2.13.